The molecule has 1 heterocycles. The Morgan fingerprint density at radius 1 is 0.952 bits per heavy atom. The molecule has 0 bridgehead atoms. The molecule has 5 heteroatoms. The van der Waals surface area contributed by atoms with Crippen molar-refractivity contribution in [2.24, 2.45) is 0 Å². The van der Waals surface area contributed by atoms with E-state index in [2.05, 4.69) is 11.2 Å². The summed E-state index contributed by atoms with van der Waals surface area (Å²) in [5, 5.41) is 14.7. The van der Waals surface area contributed by atoms with Crippen molar-refractivity contribution in [3.8, 4) is 23.0 Å². The van der Waals surface area contributed by atoms with Crippen molar-refractivity contribution in [1.82, 2.24) is 9.78 Å². The van der Waals surface area contributed by atoms with Gasteiger partial charge in [0.15, 0.2) is 5.69 Å². The fourth-order valence-electron chi connectivity index (χ4n) is 2.07. The maximum absolute atomic E-state index is 9.09. The molecule has 0 spiro atoms. The van der Waals surface area contributed by atoms with Crippen LogP contribution in [0.25, 0.3) is 16.9 Å². The van der Waals surface area contributed by atoms with Crippen molar-refractivity contribution >= 4 is 23.2 Å². The van der Waals surface area contributed by atoms with Crippen molar-refractivity contribution in [2.45, 2.75) is 0 Å². The first-order valence-electron chi connectivity index (χ1n) is 6.19. The van der Waals surface area contributed by atoms with Gasteiger partial charge in [0.2, 0.25) is 0 Å². The Hall–Kier alpha value is -2.28. The Bertz CT molecular complexity index is 829. The summed E-state index contributed by atoms with van der Waals surface area (Å²) in [4.78, 5) is 0. The molecule has 0 saturated carbocycles. The molecule has 0 radical (unpaired) electrons. The van der Waals surface area contributed by atoms with Crippen molar-refractivity contribution < 1.29 is 0 Å². The van der Waals surface area contributed by atoms with E-state index in [1.165, 1.54) is 0 Å². The number of nitriles is 1. The number of nitrogens with zero attached hydrogens (tertiary/aromatic N) is 3. The lowest BCUT2D eigenvalue weighted by Gasteiger charge is -2.08. The third kappa shape index (κ3) is 2.78. The molecule has 0 unspecified atom stereocenters. The lowest BCUT2D eigenvalue weighted by Crippen LogP contribution is -1.99. The number of hydrogen-bond donors (Lipinski definition) is 0. The van der Waals surface area contributed by atoms with E-state index in [-0.39, 0.29) is 0 Å². The molecule has 0 saturated heterocycles. The molecule has 21 heavy (non-hydrogen) atoms. The summed E-state index contributed by atoms with van der Waals surface area (Å²) in [6, 6.07) is 18.5. The maximum atomic E-state index is 9.09. The molecule has 1 aromatic heterocycles. The number of hydrogen-bond acceptors (Lipinski definition) is 2. The molecular formula is C16H9Cl2N3. The van der Waals surface area contributed by atoms with Crippen LogP contribution in [-0.2, 0) is 0 Å². The van der Waals surface area contributed by atoms with E-state index in [9.17, 15) is 0 Å². The van der Waals surface area contributed by atoms with Crippen LogP contribution in [0.3, 0.4) is 0 Å². The molecule has 0 aliphatic rings. The Labute approximate surface area is 132 Å². The Morgan fingerprint density at radius 3 is 2.38 bits per heavy atom. The largest absolute Gasteiger partial charge is 0.232 e. The smallest absolute Gasteiger partial charge is 0.163 e. The molecule has 0 aliphatic carbocycles. The summed E-state index contributed by atoms with van der Waals surface area (Å²) < 4.78 is 1.70. The van der Waals surface area contributed by atoms with E-state index >= 15 is 0 Å². The number of benzene rings is 2. The van der Waals surface area contributed by atoms with Gasteiger partial charge in [0.25, 0.3) is 0 Å². The molecule has 3 rings (SSSR count). The summed E-state index contributed by atoms with van der Waals surface area (Å²) in [7, 11) is 0. The first-order chi connectivity index (χ1) is 10.2. The zero-order valence-electron chi connectivity index (χ0n) is 10.8. The highest BCUT2D eigenvalue weighted by Crippen LogP contribution is 2.26. The van der Waals surface area contributed by atoms with E-state index in [1.54, 1.807) is 35.0 Å². The first kappa shape index (κ1) is 13.7. The molecule has 3 nitrogen and oxygen atoms in total. The van der Waals surface area contributed by atoms with Crippen LogP contribution < -0.4 is 0 Å². The zero-order valence-corrected chi connectivity index (χ0v) is 12.3. The van der Waals surface area contributed by atoms with E-state index < -0.39 is 0 Å². The summed E-state index contributed by atoms with van der Waals surface area (Å²) in [6.45, 7) is 0. The maximum Gasteiger partial charge on any atom is 0.163 e. The minimum atomic E-state index is 0.347. The van der Waals surface area contributed by atoms with Crippen LogP contribution in [0.5, 0.6) is 0 Å². The second kappa shape index (κ2) is 5.61. The van der Waals surface area contributed by atoms with E-state index in [0.717, 1.165) is 16.9 Å². The molecule has 2 aromatic carbocycles. The van der Waals surface area contributed by atoms with Crippen LogP contribution in [0, 0.1) is 11.3 Å². The highest BCUT2D eigenvalue weighted by molar-refractivity contribution is 6.31. The third-order valence-electron chi connectivity index (χ3n) is 3.02. The van der Waals surface area contributed by atoms with Gasteiger partial charge in [-0.1, -0.05) is 41.4 Å². The quantitative estimate of drug-likeness (QED) is 0.687. The van der Waals surface area contributed by atoms with Crippen LogP contribution in [0.4, 0.5) is 0 Å². The normalized spacial score (nSPS) is 10.3. The second-order valence-corrected chi connectivity index (χ2v) is 5.30. The lowest BCUT2D eigenvalue weighted by molar-refractivity contribution is 0.880. The predicted octanol–water partition coefficient (Wildman–Crippen LogP) is 4.72. The van der Waals surface area contributed by atoms with E-state index in [0.29, 0.717) is 15.7 Å². The molecule has 102 valence electrons. The van der Waals surface area contributed by atoms with Gasteiger partial charge in [-0.15, -0.1) is 0 Å². The van der Waals surface area contributed by atoms with Crippen molar-refractivity contribution in [1.29, 1.82) is 5.26 Å². The van der Waals surface area contributed by atoms with Crippen LogP contribution in [0.1, 0.15) is 5.69 Å². The SMILES string of the molecule is N#Cc1cc(-c2ccc(Cl)cc2)n(-c2cccc(Cl)c2)n1. The fourth-order valence-corrected chi connectivity index (χ4v) is 2.38. The van der Waals surface area contributed by atoms with Crippen LogP contribution in [0.15, 0.2) is 54.6 Å². The van der Waals surface area contributed by atoms with Gasteiger partial charge in [-0.3, -0.25) is 0 Å². The fraction of sp³-hybridized carbons (Fsp3) is 0. The topological polar surface area (TPSA) is 41.6 Å². The molecule has 0 amide bonds. The van der Waals surface area contributed by atoms with Crippen LogP contribution >= 0.6 is 23.2 Å². The monoisotopic (exact) mass is 313 g/mol. The summed E-state index contributed by atoms with van der Waals surface area (Å²) in [5.41, 5.74) is 2.88. The molecule has 3 aromatic rings. The standard InChI is InChI=1S/C16H9Cl2N3/c17-12-6-4-11(5-7-12)16-9-14(10-19)20-21(16)15-3-1-2-13(18)8-15/h1-9H. The highest BCUT2D eigenvalue weighted by Gasteiger charge is 2.11. The number of rotatable bonds is 2. The predicted molar refractivity (Wildman–Crippen MR) is 83.7 cm³/mol. The average molecular weight is 314 g/mol. The summed E-state index contributed by atoms with van der Waals surface area (Å²) in [5.74, 6) is 0. The van der Waals surface area contributed by atoms with E-state index in [1.807, 2.05) is 24.3 Å². The molecule has 0 atom stereocenters. The van der Waals surface area contributed by atoms with Gasteiger partial charge in [-0.05, 0) is 30.3 Å². The Kier molecular flexibility index (Phi) is 3.66. The average Bonchev–Trinajstić information content (AvgIpc) is 2.92. The van der Waals surface area contributed by atoms with Crippen LogP contribution in [0.2, 0.25) is 10.0 Å². The van der Waals surface area contributed by atoms with Gasteiger partial charge in [0.1, 0.15) is 6.07 Å². The van der Waals surface area contributed by atoms with Gasteiger partial charge in [-0.25, -0.2) is 4.68 Å². The van der Waals surface area contributed by atoms with Gasteiger partial charge >= 0.3 is 0 Å². The molecule has 0 aliphatic heterocycles. The molecule has 0 N–H and O–H groups in total. The first-order valence-corrected chi connectivity index (χ1v) is 6.95. The van der Waals surface area contributed by atoms with Gasteiger partial charge in [0, 0.05) is 21.7 Å². The summed E-state index contributed by atoms with van der Waals surface area (Å²) in [6.07, 6.45) is 0. The third-order valence-corrected chi connectivity index (χ3v) is 3.50. The minimum absolute atomic E-state index is 0.347. The van der Waals surface area contributed by atoms with Crippen molar-refractivity contribution in [2.75, 3.05) is 0 Å². The Balaban J connectivity index is 2.19. The minimum Gasteiger partial charge on any atom is -0.232 e. The van der Waals surface area contributed by atoms with E-state index in [4.69, 9.17) is 28.5 Å². The highest BCUT2D eigenvalue weighted by atomic mass is 35.5. The van der Waals surface area contributed by atoms with Crippen molar-refractivity contribution in [3.63, 3.8) is 0 Å². The van der Waals surface area contributed by atoms with Crippen LogP contribution in [-0.4, -0.2) is 9.78 Å². The zero-order chi connectivity index (χ0) is 14.8. The summed E-state index contributed by atoms with van der Waals surface area (Å²) >= 11 is 11.9. The number of aromatic nitrogens is 2. The molecule has 0 fully saturated rings. The lowest BCUT2D eigenvalue weighted by atomic mass is 10.1. The van der Waals surface area contributed by atoms with Crippen molar-refractivity contribution in [3.05, 3.63) is 70.3 Å². The molecular weight excluding hydrogens is 305 g/mol. The van der Waals surface area contributed by atoms with Gasteiger partial charge < -0.3 is 0 Å². The second-order valence-electron chi connectivity index (χ2n) is 4.43. The van der Waals surface area contributed by atoms with Gasteiger partial charge in [-0.2, -0.15) is 10.4 Å². The Morgan fingerprint density at radius 2 is 1.71 bits per heavy atom. The van der Waals surface area contributed by atoms with Gasteiger partial charge in [0.05, 0.1) is 11.4 Å². The number of halogens is 2.